The Morgan fingerprint density at radius 3 is 2.52 bits per heavy atom. The first-order valence-electron chi connectivity index (χ1n) is 6.51. The fraction of sp³-hybridized carbons (Fsp3) is 0.125. The van der Waals surface area contributed by atoms with Crippen molar-refractivity contribution in [1.29, 1.82) is 0 Å². The fourth-order valence-electron chi connectivity index (χ4n) is 2.57. The summed E-state index contributed by atoms with van der Waals surface area (Å²) in [5.74, 6) is 0.325. The molecule has 0 amide bonds. The lowest BCUT2D eigenvalue weighted by molar-refractivity contribution is 0.377. The summed E-state index contributed by atoms with van der Waals surface area (Å²) in [5, 5.41) is 28.5. The van der Waals surface area contributed by atoms with Crippen molar-refractivity contribution in [3.05, 3.63) is 53.8 Å². The van der Waals surface area contributed by atoms with Crippen LogP contribution in [0.2, 0.25) is 0 Å². The van der Waals surface area contributed by atoms with E-state index in [9.17, 15) is 15.3 Å². The number of hydrogen-bond acceptors (Lipinski definition) is 5. The molecule has 0 saturated carbocycles. The minimum absolute atomic E-state index is 0.120. The number of phenolic OH excluding ortho intramolecular Hbond substituents is 3. The van der Waals surface area contributed by atoms with Gasteiger partial charge in [0.15, 0.2) is 11.5 Å². The zero-order valence-electron chi connectivity index (χ0n) is 10.9. The molecule has 2 aliphatic heterocycles. The molecule has 1 saturated heterocycles. The van der Waals surface area contributed by atoms with Crippen LogP contribution in [0.3, 0.4) is 0 Å². The standard InChI is InChI=1S/C16H12O5/c17-9-2-3-10-14(6-9)20-7-11(16-15(10)21-16)8-1-4-12(18)13(19)5-8/h1-7,15-19H. The topological polar surface area (TPSA) is 82.5 Å². The van der Waals surface area contributed by atoms with Crippen LogP contribution in [0.4, 0.5) is 0 Å². The van der Waals surface area contributed by atoms with Crippen LogP contribution in [0.1, 0.15) is 17.2 Å². The Hall–Kier alpha value is -2.66. The maximum atomic E-state index is 9.62. The molecule has 2 aromatic carbocycles. The number of benzene rings is 2. The highest BCUT2D eigenvalue weighted by Crippen LogP contribution is 2.52. The third kappa shape index (κ3) is 1.90. The van der Waals surface area contributed by atoms with Crippen LogP contribution in [-0.4, -0.2) is 21.4 Å². The van der Waals surface area contributed by atoms with Crippen molar-refractivity contribution in [2.75, 3.05) is 0 Å². The minimum atomic E-state index is -0.190. The van der Waals surface area contributed by atoms with Crippen molar-refractivity contribution in [3.8, 4) is 23.0 Å². The normalized spacial score (nSPS) is 22.4. The van der Waals surface area contributed by atoms with Gasteiger partial charge >= 0.3 is 0 Å². The van der Waals surface area contributed by atoms with E-state index in [-0.39, 0.29) is 29.5 Å². The van der Waals surface area contributed by atoms with Crippen LogP contribution in [-0.2, 0) is 4.74 Å². The summed E-state index contributed by atoms with van der Waals surface area (Å²) >= 11 is 0. The molecular formula is C16H12O5. The van der Waals surface area contributed by atoms with Crippen LogP contribution >= 0.6 is 0 Å². The van der Waals surface area contributed by atoms with Gasteiger partial charge in [0.05, 0.1) is 6.26 Å². The van der Waals surface area contributed by atoms with Gasteiger partial charge in [-0.15, -0.1) is 0 Å². The Kier molecular flexibility index (Phi) is 2.40. The fourth-order valence-corrected chi connectivity index (χ4v) is 2.57. The highest BCUT2D eigenvalue weighted by Gasteiger charge is 2.46. The molecule has 0 radical (unpaired) electrons. The first kappa shape index (κ1) is 12.1. The van der Waals surface area contributed by atoms with E-state index in [1.807, 2.05) is 0 Å². The molecule has 1 fully saturated rings. The maximum Gasteiger partial charge on any atom is 0.158 e. The number of aromatic hydroxyl groups is 3. The zero-order valence-corrected chi connectivity index (χ0v) is 10.9. The van der Waals surface area contributed by atoms with Crippen LogP contribution in [0.25, 0.3) is 5.57 Å². The number of rotatable bonds is 1. The number of fused-ring (bicyclic) bond motifs is 3. The van der Waals surface area contributed by atoms with Gasteiger partial charge in [-0.05, 0) is 29.8 Å². The van der Waals surface area contributed by atoms with E-state index in [1.165, 1.54) is 12.1 Å². The number of hydrogen-bond donors (Lipinski definition) is 3. The van der Waals surface area contributed by atoms with Crippen molar-refractivity contribution >= 4 is 5.57 Å². The minimum Gasteiger partial charge on any atom is -0.508 e. The second-order valence-electron chi connectivity index (χ2n) is 5.09. The molecule has 0 spiro atoms. The monoisotopic (exact) mass is 284 g/mol. The second-order valence-corrected chi connectivity index (χ2v) is 5.09. The van der Waals surface area contributed by atoms with Gasteiger partial charge in [-0.2, -0.15) is 0 Å². The summed E-state index contributed by atoms with van der Waals surface area (Å²) < 4.78 is 11.3. The van der Waals surface area contributed by atoms with Gasteiger partial charge in [-0.1, -0.05) is 6.07 Å². The molecule has 0 aliphatic carbocycles. The summed E-state index contributed by atoms with van der Waals surface area (Å²) in [4.78, 5) is 0. The third-order valence-electron chi connectivity index (χ3n) is 3.72. The first-order chi connectivity index (χ1) is 10.1. The third-order valence-corrected chi connectivity index (χ3v) is 3.72. The van der Waals surface area contributed by atoms with Crippen LogP contribution in [0, 0.1) is 0 Å². The lowest BCUT2D eigenvalue weighted by Gasteiger charge is -2.07. The number of phenols is 3. The lowest BCUT2D eigenvalue weighted by atomic mass is 9.99. The highest BCUT2D eigenvalue weighted by atomic mass is 16.6. The van der Waals surface area contributed by atoms with Crippen molar-refractivity contribution < 1.29 is 24.8 Å². The quantitative estimate of drug-likeness (QED) is 0.554. The smallest absolute Gasteiger partial charge is 0.158 e. The van der Waals surface area contributed by atoms with Gasteiger partial charge in [0, 0.05) is 17.2 Å². The van der Waals surface area contributed by atoms with Crippen molar-refractivity contribution in [2.45, 2.75) is 12.2 Å². The van der Waals surface area contributed by atoms with E-state index in [0.29, 0.717) is 5.75 Å². The van der Waals surface area contributed by atoms with Crippen LogP contribution in [0.15, 0.2) is 42.7 Å². The highest BCUT2D eigenvalue weighted by molar-refractivity contribution is 5.74. The van der Waals surface area contributed by atoms with Crippen molar-refractivity contribution in [2.24, 2.45) is 0 Å². The first-order valence-corrected chi connectivity index (χ1v) is 6.51. The van der Waals surface area contributed by atoms with Gasteiger partial charge in [-0.25, -0.2) is 0 Å². The van der Waals surface area contributed by atoms with Crippen LogP contribution < -0.4 is 4.74 Å². The summed E-state index contributed by atoms with van der Waals surface area (Å²) in [6.45, 7) is 0. The predicted molar refractivity (Wildman–Crippen MR) is 74.1 cm³/mol. The van der Waals surface area contributed by atoms with E-state index in [2.05, 4.69) is 0 Å². The van der Waals surface area contributed by atoms with Gasteiger partial charge < -0.3 is 24.8 Å². The summed E-state index contributed by atoms with van der Waals surface area (Å²) in [6, 6.07) is 9.50. The molecule has 0 aromatic heterocycles. The molecule has 5 nitrogen and oxygen atoms in total. The van der Waals surface area contributed by atoms with E-state index in [4.69, 9.17) is 9.47 Å². The Balaban J connectivity index is 1.75. The van der Waals surface area contributed by atoms with Crippen molar-refractivity contribution in [1.82, 2.24) is 0 Å². The number of ether oxygens (including phenoxy) is 2. The molecule has 2 unspecified atom stereocenters. The zero-order chi connectivity index (χ0) is 14.6. The lowest BCUT2D eigenvalue weighted by Crippen LogP contribution is -1.94. The molecule has 5 heteroatoms. The molecule has 3 N–H and O–H groups in total. The second kappa shape index (κ2) is 4.17. The Morgan fingerprint density at radius 1 is 0.857 bits per heavy atom. The molecule has 21 heavy (non-hydrogen) atoms. The molecule has 0 bridgehead atoms. The maximum absolute atomic E-state index is 9.62. The average Bonchev–Trinajstić information content (AvgIpc) is 3.23. The summed E-state index contributed by atoms with van der Waals surface area (Å²) in [7, 11) is 0. The molecule has 2 aromatic rings. The average molecular weight is 284 g/mol. The van der Waals surface area contributed by atoms with Crippen molar-refractivity contribution in [3.63, 3.8) is 0 Å². The van der Waals surface area contributed by atoms with E-state index < -0.39 is 0 Å². The molecule has 106 valence electrons. The Bertz CT molecular complexity index is 765. The van der Waals surface area contributed by atoms with E-state index in [1.54, 1.807) is 30.5 Å². The SMILES string of the molecule is Oc1ccc2c(c1)OC=C(c1ccc(O)c(O)c1)C1OC21. The Morgan fingerprint density at radius 2 is 1.71 bits per heavy atom. The molecule has 2 aliphatic rings. The molecule has 4 rings (SSSR count). The molecule has 2 heterocycles. The number of epoxide rings is 1. The predicted octanol–water partition coefficient (Wildman–Crippen LogP) is 2.68. The van der Waals surface area contributed by atoms with Gasteiger partial charge in [0.25, 0.3) is 0 Å². The summed E-state index contributed by atoms with van der Waals surface area (Å²) in [6.07, 6.45) is 1.28. The van der Waals surface area contributed by atoms with E-state index in [0.717, 1.165) is 16.7 Å². The van der Waals surface area contributed by atoms with Gasteiger partial charge in [0.2, 0.25) is 0 Å². The molecular weight excluding hydrogens is 272 g/mol. The van der Waals surface area contributed by atoms with E-state index >= 15 is 0 Å². The largest absolute Gasteiger partial charge is 0.508 e. The van der Waals surface area contributed by atoms with Gasteiger partial charge in [0.1, 0.15) is 23.7 Å². The summed E-state index contributed by atoms with van der Waals surface area (Å²) in [5.41, 5.74) is 2.38. The van der Waals surface area contributed by atoms with Crippen LogP contribution in [0.5, 0.6) is 23.0 Å². The molecule has 2 atom stereocenters. The van der Waals surface area contributed by atoms with Gasteiger partial charge in [-0.3, -0.25) is 0 Å². The Labute approximate surface area is 120 Å².